The second-order valence-electron chi connectivity index (χ2n) is 9.06. The number of likely N-dealkylation sites (tertiary alicyclic amines) is 1. The lowest BCUT2D eigenvalue weighted by Gasteiger charge is -2.40. The van der Waals surface area contributed by atoms with Crippen LogP contribution in [0.3, 0.4) is 0 Å². The molecule has 1 aliphatic heterocycles. The number of likely N-dealkylation sites (N-methyl/N-ethyl adjacent to an activating group) is 1. The third-order valence-corrected chi connectivity index (χ3v) is 6.54. The molecule has 2 atom stereocenters. The average molecular weight is 532 g/mol. The van der Waals surface area contributed by atoms with Gasteiger partial charge in [0.25, 0.3) is 5.82 Å². The van der Waals surface area contributed by atoms with Crippen LogP contribution in [0, 0.1) is 0 Å². The number of nitrogens with zero attached hydrogens (tertiary/aromatic N) is 6. The standard InChI is InChI=1S/C25H28F3N7O3/c1-33(16-36)15-23(37)34-11-10-21(20(14-34)17-6-4-3-5-7-17)29-13-18-12-19(8-9-22(18)38-2)35-24(25(26,27)28)30-31-32-35/h3-9,12,16,20-21,29H,10-11,13-15H2,1-2H3. The highest BCUT2D eigenvalue weighted by Gasteiger charge is 2.38. The highest BCUT2D eigenvalue weighted by atomic mass is 19.4. The minimum absolute atomic E-state index is 0.00412. The second-order valence-corrected chi connectivity index (χ2v) is 9.06. The van der Waals surface area contributed by atoms with E-state index in [4.69, 9.17) is 4.74 Å². The van der Waals surface area contributed by atoms with Crippen molar-refractivity contribution in [2.45, 2.75) is 31.1 Å². The molecule has 10 nitrogen and oxygen atoms in total. The molecule has 0 aliphatic carbocycles. The molecule has 2 unspecified atom stereocenters. The van der Waals surface area contributed by atoms with Crippen molar-refractivity contribution in [3.63, 3.8) is 0 Å². The number of piperidine rings is 1. The molecule has 0 spiro atoms. The zero-order valence-corrected chi connectivity index (χ0v) is 20.9. The first kappa shape index (κ1) is 27.0. The molecular formula is C25H28F3N7O3. The molecule has 0 radical (unpaired) electrons. The number of aromatic nitrogens is 4. The third-order valence-electron chi connectivity index (χ3n) is 6.54. The maximum atomic E-state index is 13.3. The molecule has 2 heterocycles. The van der Waals surface area contributed by atoms with E-state index in [0.717, 1.165) is 5.56 Å². The molecule has 4 rings (SSSR count). The predicted molar refractivity (Wildman–Crippen MR) is 130 cm³/mol. The van der Waals surface area contributed by atoms with Crippen LogP contribution in [0.1, 0.15) is 29.3 Å². The highest BCUT2D eigenvalue weighted by molar-refractivity contribution is 5.80. The molecule has 1 aromatic heterocycles. The van der Waals surface area contributed by atoms with Gasteiger partial charge >= 0.3 is 6.18 Å². The number of hydrogen-bond acceptors (Lipinski definition) is 7. The molecule has 38 heavy (non-hydrogen) atoms. The minimum Gasteiger partial charge on any atom is -0.496 e. The van der Waals surface area contributed by atoms with Crippen LogP contribution in [-0.2, 0) is 22.3 Å². The van der Waals surface area contributed by atoms with Crippen molar-refractivity contribution in [1.82, 2.24) is 35.3 Å². The number of halogens is 3. The van der Waals surface area contributed by atoms with Gasteiger partial charge in [-0.2, -0.15) is 17.9 Å². The van der Waals surface area contributed by atoms with E-state index in [-0.39, 0.29) is 30.1 Å². The number of alkyl halides is 3. The van der Waals surface area contributed by atoms with Crippen molar-refractivity contribution in [3.8, 4) is 11.4 Å². The zero-order chi connectivity index (χ0) is 27.3. The minimum atomic E-state index is -4.71. The number of ether oxygens (including phenoxy) is 1. The summed E-state index contributed by atoms with van der Waals surface area (Å²) in [7, 11) is 3.05. The van der Waals surface area contributed by atoms with Gasteiger partial charge in [0.05, 0.1) is 19.3 Å². The topological polar surface area (TPSA) is 105 Å². The van der Waals surface area contributed by atoms with Gasteiger partial charge in [-0.3, -0.25) is 9.59 Å². The molecule has 1 aliphatic rings. The molecule has 0 saturated carbocycles. The number of carbonyl (C=O) groups excluding carboxylic acids is 2. The van der Waals surface area contributed by atoms with Gasteiger partial charge in [0.1, 0.15) is 5.75 Å². The number of nitrogens with one attached hydrogen (secondary N) is 1. The lowest BCUT2D eigenvalue weighted by Crippen LogP contribution is -2.51. The summed E-state index contributed by atoms with van der Waals surface area (Å²) in [6.45, 7) is 1.27. The second kappa shape index (κ2) is 11.6. The Balaban J connectivity index is 1.55. The Hall–Kier alpha value is -4.00. The normalized spacial score (nSPS) is 17.8. The third kappa shape index (κ3) is 6.10. The highest BCUT2D eigenvalue weighted by Crippen LogP contribution is 2.31. The number of methoxy groups -OCH3 is 1. The molecule has 2 aromatic carbocycles. The van der Waals surface area contributed by atoms with Gasteiger partial charge in [-0.05, 0) is 40.6 Å². The van der Waals surface area contributed by atoms with E-state index in [1.165, 1.54) is 18.1 Å². The summed E-state index contributed by atoms with van der Waals surface area (Å²) in [5.74, 6) is -0.886. The van der Waals surface area contributed by atoms with Gasteiger partial charge in [-0.1, -0.05) is 30.3 Å². The molecule has 1 N–H and O–H groups in total. The molecule has 202 valence electrons. The van der Waals surface area contributed by atoms with Crippen molar-refractivity contribution in [2.24, 2.45) is 0 Å². The fourth-order valence-corrected chi connectivity index (χ4v) is 4.63. The van der Waals surface area contributed by atoms with E-state index in [2.05, 4.69) is 20.8 Å². The van der Waals surface area contributed by atoms with E-state index in [0.29, 0.717) is 48.5 Å². The van der Waals surface area contributed by atoms with Gasteiger partial charge < -0.3 is 19.9 Å². The first-order valence-corrected chi connectivity index (χ1v) is 12.0. The van der Waals surface area contributed by atoms with E-state index in [1.807, 2.05) is 30.3 Å². The van der Waals surface area contributed by atoms with E-state index in [1.54, 1.807) is 24.1 Å². The molecular weight excluding hydrogens is 503 g/mol. The number of tetrazole rings is 1. The van der Waals surface area contributed by atoms with Gasteiger partial charge in [0, 0.05) is 44.2 Å². The average Bonchev–Trinajstić information content (AvgIpc) is 3.43. The smallest absolute Gasteiger partial charge is 0.453 e. The summed E-state index contributed by atoms with van der Waals surface area (Å²) < 4.78 is 46.1. The van der Waals surface area contributed by atoms with Crippen LogP contribution in [0.15, 0.2) is 48.5 Å². The lowest BCUT2D eigenvalue weighted by atomic mass is 9.85. The molecule has 3 aromatic rings. The first-order valence-electron chi connectivity index (χ1n) is 12.0. The van der Waals surface area contributed by atoms with Crippen LogP contribution in [0.4, 0.5) is 13.2 Å². The Morgan fingerprint density at radius 2 is 2.00 bits per heavy atom. The molecule has 0 bridgehead atoms. The van der Waals surface area contributed by atoms with Gasteiger partial charge in [0.15, 0.2) is 0 Å². The Morgan fingerprint density at radius 3 is 2.68 bits per heavy atom. The maximum Gasteiger partial charge on any atom is 0.453 e. The number of amides is 2. The Kier molecular flexibility index (Phi) is 8.25. The Morgan fingerprint density at radius 1 is 1.24 bits per heavy atom. The summed E-state index contributed by atoms with van der Waals surface area (Å²) >= 11 is 0. The summed E-state index contributed by atoms with van der Waals surface area (Å²) in [6, 6.07) is 14.4. The van der Waals surface area contributed by atoms with E-state index >= 15 is 0 Å². The van der Waals surface area contributed by atoms with Crippen molar-refractivity contribution < 1.29 is 27.5 Å². The van der Waals surface area contributed by atoms with Crippen LogP contribution in [0.25, 0.3) is 5.69 Å². The van der Waals surface area contributed by atoms with Gasteiger partial charge in [-0.25, -0.2) is 0 Å². The van der Waals surface area contributed by atoms with E-state index < -0.39 is 12.0 Å². The van der Waals surface area contributed by atoms with Gasteiger partial charge in [0.2, 0.25) is 12.3 Å². The largest absolute Gasteiger partial charge is 0.496 e. The van der Waals surface area contributed by atoms with Crippen LogP contribution in [0.5, 0.6) is 5.75 Å². The molecule has 1 saturated heterocycles. The fourth-order valence-electron chi connectivity index (χ4n) is 4.63. The summed E-state index contributed by atoms with van der Waals surface area (Å²) in [4.78, 5) is 26.8. The van der Waals surface area contributed by atoms with Gasteiger partial charge in [-0.15, -0.1) is 5.10 Å². The maximum absolute atomic E-state index is 13.3. The van der Waals surface area contributed by atoms with Crippen molar-refractivity contribution >= 4 is 12.3 Å². The van der Waals surface area contributed by atoms with Crippen molar-refractivity contribution in [3.05, 3.63) is 65.5 Å². The Bertz CT molecular complexity index is 1250. The van der Waals surface area contributed by atoms with Crippen LogP contribution in [-0.4, -0.2) is 82.2 Å². The van der Waals surface area contributed by atoms with Crippen molar-refractivity contribution in [2.75, 3.05) is 33.8 Å². The molecule has 13 heteroatoms. The van der Waals surface area contributed by atoms with Crippen molar-refractivity contribution in [1.29, 1.82) is 0 Å². The first-order chi connectivity index (χ1) is 18.2. The predicted octanol–water partition coefficient (Wildman–Crippen LogP) is 2.25. The molecule has 1 fully saturated rings. The number of carbonyl (C=O) groups is 2. The molecule has 2 amide bonds. The Labute approximate surface area is 217 Å². The van der Waals surface area contributed by atoms with Crippen LogP contribution in [0.2, 0.25) is 0 Å². The monoisotopic (exact) mass is 531 g/mol. The lowest BCUT2D eigenvalue weighted by molar-refractivity contribution is -0.146. The quantitative estimate of drug-likeness (QED) is 0.423. The fraction of sp³-hybridized carbons (Fsp3) is 0.400. The number of rotatable bonds is 9. The SMILES string of the molecule is COc1ccc(-n2nnnc2C(F)(F)F)cc1CNC1CCN(C(=O)CN(C)C=O)CC1c1ccccc1. The van der Waals surface area contributed by atoms with Crippen LogP contribution >= 0.6 is 0 Å². The summed E-state index contributed by atoms with van der Waals surface area (Å²) in [6.07, 6.45) is -3.45. The van der Waals surface area contributed by atoms with E-state index in [9.17, 15) is 22.8 Å². The number of benzene rings is 2. The summed E-state index contributed by atoms with van der Waals surface area (Å²) in [5.41, 5.74) is 1.83. The van der Waals surface area contributed by atoms with Crippen LogP contribution < -0.4 is 10.1 Å². The summed E-state index contributed by atoms with van der Waals surface area (Å²) in [5, 5.41) is 13.3. The number of hydrogen-bond donors (Lipinski definition) is 1. The zero-order valence-electron chi connectivity index (χ0n) is 20.9.